The molecule has 4 aromatic rings. The van der Waals surface area contributed by atoms with Crippen LogP contribution >= 0.6 is 11.3 Å². The van der Waals surface area contributed by atoms with E-state index in [9.17, 15) is 0 Å². The first-order valence-corrected chi connectivity index (χ1v) is 8.25. The standard InChI is InChI=1S/C20H14N2S/c1-3-8-15(9-4-1)18-19(16-10-5-2-6-11-16)23-20(22-18)17-12-7-13-21-14-17/h1-14H. The van der Waals surface area contributed by atoms with E-state index >= 15 is 0 Å². The third-order valence-corrected chi connectivity index (χ3v) is 4.77. The zero-order valence-corrected chi connectivity index (χ0v) is 13.2. The van der Waals surface area contributed by atoms with Gasteiger partial charge >= 0.3 is 0 Å². The predicted octanol–water partition coefficient (Wildman–Crippen LogP) is 5.54. The van der Waals surface area contributed by atoms with Crippen molar-refractivity contribution in [3.8, 4) is 32.3 Å². The Balaban J connectivity index is 1.91. The van der Waals surface area contributed by atoms with Crippen molar-refractivity contribution in [1.82, 2.24) is 9.97 Å². The highest BCUT2D eigenvalue weighted by atomic mass is 32.1. The normalized spacial score (nSPS) is 10.6. The van der Waals surface area contributed by atoms with Gasteiger partial charge in [-0.25, -0.2) is 4.98 Å². The lowest BCUT2D eigenvalue weighted by Crippen LogP contribution is -1.82. The van der Waals surface area contributed by atoms with Crippen molar-refractivity contribution in [1.29, 1.82) is 0 Å². The monoisotopic (exact) mass is 314 g/mol. The second kappa shape index (κ2) is 6.15. The van der Waals surface area contributed by atoms with Gasteiger partial charge in [0, 0.05) is 23.5 Å². The lowest BCUT2D eigenvalue weighted by atomic mass is 10.1. The fraction of sp³-hybridized carbons (Fsp3) is 0. The Morgan fingerprint density at radius 2 is 1.30 bits per heavy atom. The van der Waals surface area contributed by atoms with Crippen LogP contribution in [0.1, 0.15) is 0 Å². The summed E-state index contributed by atoms with van der Waals surface area (Å²) >= 11 is 1.71. The summed E-state index contributed by atoms with van der Waals surface area (Å²) in [4.78, 5) is 10.3. The molecule has 2 aromatic carbocycles. The van der Waals surface area contributed by atoms with Gasteiger partial charge in [-0.3, -0.25) is 4.98 Å². The van der Waals surface area contributed by atoms with E-state index in [4.69, 9.17) is 4.98 Å². The first-order valence-electron chi connectivity index (χ1n) is 7.44. The molecule has 4 rings (SSSR count). The molecule has 0 N–H and O–H groups in total. The molecule has 110 valence electrons. The molecule has 3 heteroatoms. The van der Waals surface area contributed by atoms with Gasteiger partial charge in [-0.15, -0.1) is 11.3 Å². The highest BCUT2D eigenvalue weighted by Crippen LogP contribution is 2.40. The molecule has 0 aliphatic heterocycles. The lowest BCUT2D eigenvalue weighted by molar-refractivity contribution is 1.31. The fourth-order valence-corrected chi connectivity index (χ4v) is 3.59. The van der Waals surface area contributed by atoms with Crippen molar-refractivity contribution in [2.75, 3.05) is 0 Å². The minimum Gasteiger partial charge on any atom is -0.264 e. The van der Waals surface area contributed by atoms with E-state index < -0.39 is 0 Å². The largest absolute Gasteiger partial charge is 0.264 e. The minimum absolute atomic E-state index is 0.996. The number of rotatable bonds is 3. The Morgan fingerprint density at radius 1 is 0.652 bits per heavy atom. The van der Waals surface area contributed by atoms with Crippen molar-refractivity contribution < 1.29 is 0 Å². The van der Waals surface area contributed by atoms with Gasteiger partial charge in [0.1, 0.15) is 5.01 Å². The number of hydrogen-bond acceptors (Lipinski definition) is 3. The first-order chi connectivity index (χ1) is 11.4. The number of hydrogen-bond donors (Lipinski definition) is 0. The van der Waals surface area contributed by atoms with Gasteiger partial charge in [0.2, 0.25) is 0 Å². The predicted molar refractivity (Wildman–Crippen MR) is 96.2 cm³/mol. The smallest absolute Gasteiger partial charge is 0.126 e. The Bertz CT molecular complexity index is 843. The number of thiazole rings is 1. The summed E-state index contributed by atoms with van der Waals surface area (Å²) in [5.41, 5.74) is 4.41. The fourth-order valence-electron chi connectivity index (χ4n) is 2.51. The van der Waals surface area contributed by atoms with Crippen molar-refractivity contribution in [3.63, 3.8) is 0 Å². The minimum atomic E-state index is 0.996. The molecule has 0 amide bonds. The summed E-state index contributed by atoms with van der Waals surface area (Å²) in [6.07, 6.45) is 3.65. The molecule has 2 nitrogen and oxygen atoms in total. The third-order valence-electron chi connectivity index (χ3n) is 3.62. The summed E-state index contributed by atoms with van der Waals surface area (Å²) < 4.78 is 0. The molecule has 0 saturated heterocycles. The van der Waals surface area contributed by atoms with Gasteiger partial charge in [-0.1, -0.05) is 60.7 Å². The van der Waals surface area contributed by atoms with E-state index in [1.807, 2.05) is 36.5 Å². The van der Waals surface area contributed by atoms with Gasteiger partial charge in [-0.2, -0.15) is 0 Å². The van der Waals surface area contributed by atoms with Gasteiger partial charge in [-0.05, 0) is 17.7 Å². The Kier molecular flexibility index (Phi) is 3.70. The maximum absolute atomic E-state index is 4.91. The highest BCUT2D eigenvalue weighted by molar-refractivity contribution is 7.19. The average Bonchev–Trinajstić information content (AvgIpc) is 3.09. The summed E-state index contributed by atoms with van der Waals surface area (Å²) in [7, 11) is 0. The van der Waals surface area contributed by atoms with Crippen LogP contribution in [-0.2, 0) is 0 Å². The summed E-state index contributed by atoms with van der Waals surface area (Å²) in [6.45, 7) is 0. The van der Waals surface area contributed by atoms with E-state index in [2.05, 4.69) is 47.4 Å². The molecule has 2 heterocycles. The molecule has 0 aliphatic rings. The van der Waals surface area contributed by atoms with E-state index in [-0.39, 0.29) is 0 Å². The van der Waals surface area contributed by atoms with Crippen LogP contribution in [0.2, 0.25) is 0 Å². The molecule has 23 heavy (non-hydrogen) atoms. The number of aromatic nitrogens is 2. The van der Waals surface area contributed by atoms with Gasteiger partial charge in [0.05, 0.1) is 10.6 Å². The first kappa shape index (κ1) is 13.9. The van der Waals surface area contributed by atoms with Crippen LogP contribution in [0.15, 0.2) is 85.2 Å². The van der Waals surface area contributed by atoms with Crippen LogP contribution in [0.5, 0.6) is 0 Å². The third kappa shape index (κ3) is 2.79. The Hall–Kier alpha value is -2.78. The molecule has 0 spiro atoms. The van der Waals surface area contributed by atoms with Gasteiger partial charge in [0.25, 0.3) is 0 Å². The Morgan fingerprint density at radius 3 is 1.96 bits per heavy atom. The zero-order valence-electron chi connectivity index (χ0n) is 12.4. The quantitative estimate of drug-likeness (QED) is 0.496. The molecule has 0 fully saturated rings. The molecule has 0 atom stereocenters. The van der Waals surface area contributed by atoms with Crippen LogP contribution < -0.4 is 0 Å². The van der Waals surface area contributed by atoms with Crippen molar-refractivity contribution >= 4 is 11.3 Å². The summed E-state index contributed by atoms with van der Waals surface area (Å²) in [5, 5.41) is 0.996. The number of benzene rings is 2. The molecule has 2 aromatic heterocycles. The molecule has 0 radical (unpaired) electrons. The molecule has 0 bridgehead atoms. The van der Waals surface area contributed by atoms with Crippen LogP contribution in [0.25, 0.3) is 32.3 Å². The SMILES string of the molecule is c1ccc(-c2nc(-c3cccnc3)sc2-c2ccccc2)cc1. The van der Waals surface area contributed by atoms with E-state index in [0.717, 1.165) is 21.8 Å². The molecule has 0 unspecified atom stereocenters. The van der Waals surface area contributed by atoms with Gasteiger partial charge in [0.15, 0.2) is 0 Å². The summed E-state index contributed by atoms with van der Waals surface area (Å²) in [5.74, 6) is 0. The highest BCUT2D eigenvalue weighted by Gasteiger charge is 2.15. The maximum atomic E-state index is 4.91. The average molecular weight is 314 g/mol. The molecular formula is C20H14N2S. The second-order valence-electron chi connectivity index (χ2n) is 5.17. The Labute approximate surface area is 139 Å². The second-order valence-corrected chi connectivity index (χ2v) is 6.17. The van der Waals surface area contributed by atoms with Gasteiger partial charge < -0.3 is 0 Å². The van der Waals surface area contributed by atoms with E-state index in [1.165, 1.54) is 10.4 Å². The van der Waals surface area contributed by atoms with Crippen LogP contribution in [0, 0.1) is 0 Å². The zero-order chi connectivity index (χ0) is 15.5. The van der Waals surface area contributed by atoms with Crippen molar-refractivity contribution in [3.05, 3.63) is 85.2 Å². The molecule has 0 aliphatic carbocycles. The van der Waals surface area contributed by atoms with E-state index in [1.54, 1.807) is 17.5 Å². The van der Waals surface area contributed by atoms with Crippen molar-refractivity contribution in [2.45, 2.75) is 0 Å². The van der Waals surface area contributed by atoms with E-state index in [0.29, 0.717) is 0 Å². The molecular weight excluding hydrogens is 300 g/mol. The lowest BCUT2D eigenvalue weighted by Gasteiger charge is -2.02. The topological polar surface area (TPSA) is 25.8 Å². The van der Waals surface area contributed by atoms with Crippen LogP contribution in [-0.4, -0.2) is 9.97 Å². The molecule has 0 saturated carbocycles. The van der Waals surface area contributed by atoms with Crippen LogP contribution in [0.3, 0.4) is 0 Å². The summed E-state index contributed by atoms with van der Waals surface area (Å²) in [6, 6.07) is 24.8. The number of nitrogens with zero attached hydrogens (tertiary/aromatic N) is 2. The maximum Gasteiger partial charge on any atom is 0.126 e. The van der Waals surface area contributed by atoms with Crippen molar-refractivity contribution in [2.24, 2.45) is 0 Å². The number of pyridine rings is 1. The van der Waals surface area contributed by atoms with Crippen LogP contribution in [0.4, 0.5) is 0 Å².